The molecule has 1 saturated carbocycles. The minimum atomic E-state index is -0.559. The van der Waals surface area contributed by atoms with Crippen LogP contribution in [0.1, 0.15) is 34.3 Å². The van der Waals surface area contributed by atoms with Crippen LogP contribution in [0.4, 0.5) is 0 Å². The number of halogens is 1. The molecule has 0 aliphatic heterocycles. The molecule has 1 amide bonds. The van der Waals surface area contributed by atoms with E-state index in [1.165, 1.54) is 7.11 Å². The number of ether oxygens (including phenoxy) is 1. The standard InChI is InChI=1S/C28H26ClN3O4/c1-30(2)25(33)15-18-7-10-22(11-8-18)31-24-17-21(29)9-12-23(24)32(27(31)35)28(13-14-28)20-6-4-5-19(16-20)26(34)36-3/h4-12,16-17H,13-15H2,1-3H3. The van der Waals surface area contributed by atoms with E-state index in [0.29, 0.717) is 21.8 Å². The molecular weight excluding hydrogens is 478 g/mol. The smallest absolute Gasteiger partial charge is 0.337 e. The average Bonchev–Trinajstić information content (AvgIpc) is 3.62. The van der Waals surface area contributed by atoms with Crippen molar-refractivity contribution in [2.24, 2.45) is 0 Å². The number of imidazole rings is 1. The van der Waals surface area contributed by atoms with Crippen molar-refractivity contribution in [2.45, 2.75) is 24.8 Å². The lowest BCUT2D eigenvalue weighted by molar-refractivity contribution is -0.127. The van der Waals surface area contributed by atoms with Gasteiger partial charge in [-0.1, -0.05) is 35.9 Å². The van der Waals surface area contributed by atoms with Crippen molar-refractivity contribution in [3.63, 3.8) is 0 Å². The van der Waals surface area contributed by atoms with E-state index in [4.69, 9.17) is 16.3 Å². The van der Waals surface area contributed by atoms with Crippen LogP contribution in [-0.2, 0) is 21.5 Å². The highest BCUT2D eigenvalue weighted by molar-refractivity contribution is 6.31. The maximum Gasteiger partial charge on any atom is 0.337 e. The Kier molecular flexibility index (Phi) is 5.96. The number of aromatic nitrogens is 2. The Labute approximate surface area is 213 Å². The van der Waals surface area contributed by atoms with Crippen molar-refractivity contribution in [1.29, 1.82) is 0 Å². The number of amides is 1. The van der Waals surface area contributed by atoms with Crippen LogP contribution in [0.5, 0.6) is 0 Å². The molecular formula is C28H26ClN3O4. The Morgan fingerprint density at radius 2 is 1.72 bits per heavy atom. The van der Waals surface area contributed by atoms with Gasteiger partial charge in [-0.3, -0.25) is 13.9 Å². The van der Waals surface area contributed by atoms with Crippen LogP contribution in [0, 0.1) is 0 Å². The molecule has 0 unspecified atom stereocenters. The van der Waals surface area contributed by atoms with E-state index in [0.717, 1.165) is 29.5 Å². The van der Waals surface area contributed by atoms with Gasteiger partial charge in [0.25, 0.3) is 0 Å². The fraction of sp³-hybridized carbons (Fsp3) is 0.250. The lowest BCUT2D eigenvalue weighted by atomic mass is 10.0. The van der Waals surface area contributed by atoms with Gasteiger partial charge >= 0.3 is 11.7 Å². The summed E-state index contributed by atoms with van der Waals surface area (Å²) in [4.78, 5) is 39.8. The quantitative estimate of drug-likeness (QED) is 0.365. The largest absolute Gasteiger partial charge is 0.465 e. The maximum absolute atomic E-state index is 14.0. The second-order valence-corrected chi connectivity index (χ2v) is 9.76. The number of rotatable bonds is 6. The molecule has 0 N–H and O–H groups in total. The molecule has 1 heterocycles. The van der Waals surface area contributed by atoms with Crippen molar-refractivity contribution >= 4 is 34.5 Å². The van der Waals surface area contributed by atoms with Crippen LogP contribution in [0.25, 0.3) is 16.7 Å². The van der Waals surface area contributed by atoms with E-state index in [2.05, 4.69) is 0 Å². The van der Waals surface area contributed by atoms with Gasteiger partial charge in [-0.2, -0.15) is 0 Å². The lowest BCUT2D eigenvalue weighted by Gasteiger charge is -2.19. The van der Waals surface area contributed by atoms with E-state index in [1.807, 2.05) is 47.0 Å². The van der Waals surface area contributed by atoms with Crippen LogP contribution < -0.4 is 5.69 Å². The van der Waals surface area contributed by atoms with E-state index in [1.54, 1.807) is 47.8 Å². The Bertz CT molecular complexity index is 1550. The van der Waals surface area contributed by atoms with Gasteiger partial charge < -0.3 is 9.64 Å². The van der Waals surface area contributed by atoms with E-state index in [9.17, 15) is 14.4 Å². The number of likely N-dealkylation sites (N-methyl/N-ethyl adjacent to an activating group) is 1. The molecule has 5 rings (SSSR count). The number of hydrogen-bond acceptors (Lipinski definition) is 4. The topological polar surface area (TPSA) is 73.5 Å². The van der Waals surface area contributed by atoms with Crippen LogP contribution in [-0.4, -0.2) is 47.1 Å². The summed E-state index contributed by atoms with van der Waals surface area (Å²) < 4.78 is 8.37. The summed E-state index contributed by atoms with van der Waals surface area (Å²) in [5.74, 6) is -0.407. The number of carbonyl (C=O) groups excluding carboxylic acids is 2. The van der Waals surface area contributed by atoms with E-state index in [-0.39, 0.29) is 18.0 Å². The van der Waals surface area contributed by atoms with Gasteiger partial charge in [0.15, 0.2) is 0 Å². The van der Waals surface area contributed by atoms with Gasteiger partial charge in [0.05, 0.1) is 41.4 Å². The molecule has 0 spiro atoms. The minimum absolute atomic E-state index is 0.00756. The predicted octanol–water partition coefficient (Wildman–Crippen LogP) is 4.40. The van der Waals surface area contributed by atoms with Gasteiger partial charge in [-0.25, -0.2) is 9.59 Å². The highest BCUT2D eigenvalue weighted by Crippen LogP contribution is 2.50. The Morgan fingerprint density at radius 1 is 1.00 bits per heavy atom. The molecule has 1 aliphatic carbocycles. The van der Waals surface area contributed by atoms with Crippen LogP contribution in [0.15, 0.2) is 71.5 Å². The zero-order valence-corrected chi connectivity index (χ0v) is 21.1. The number of methoxy groups -OCH3 is 1. The van der Waals surface area contributed by atoms with Crippen molar-refractivity contribution in [1.82, 2.24) is 14.0 Å². The first kappa shape index (κ1) is 23.9. The molecule has 36 heavy (non-hydrogen) atoms. The first-order valence-electron chi connectivity index (χ1n) is 11.7. The molecule has 1 aliphatic rings. The highest BCUT2D eigenvalue weighted by atomic mass is 35.5. The van der Waals surface area contributed by atoms with Crippen LogP contribution >= 0.6 is 11.6 Å². The zero-order chi connectivity index (χ0) is 25.6. The predicted molar refractivity (Wildman–Crippen MR) is 139 cm³/mol. The van der Waals surface area contributed by atoms with Gasteiger partial charge in [-0.05, 0) is 66.4 Å². The number of fused-ring (bicyclic) bond motifs is 1. The highest BCUT2D eigenvalue weighted by Gasteiger charge is 2.49. The summed E-state index contributed by atoms with van der Waals surface area (Å²) in [6.07, 6.45) is 1.82. The van der Waals surface area contributed by atoms with Gasteiger partial charge in [0, 0.05) is 19.1 Å². The number of nitrogens with zero attached hydrogens (tertiary/aromatic N) is 3. The summed E-state index contributed by atoms with van der Waals surface area (Å²) in [6, 6.07) is 20.1. The van der Waals surface area contributed by atoms with Gasteiger partial charge in [-0.15, -0.1) is 0 Å². The van der Waals surface area contributed by atoms with Crippen molar-refractivity contribution in [2.75, 3.05) is 21.2 Å². The fourth-order valence-electron chi connectivity index (χ4n) is 4.74. The molecule has 0 bridgehead atoms. The molecule has 1 fully saturated rings. The summed E-state index contributed by atoms with van der Waals surface area (Å²) in [5.41, 5.74) is 3.60. The molecule has 4 aromatic rings. The maximum atomic E-state index is 14.0. The summed E-state index contributed by atoms with van der Waals surface area (Å²) >= 11 is 6.35. The second kappa shape index (κ2) is 8.99. The molecule has 3 aromatic carbocycles. The van der Waals surface area contributed by atoms with E-state index >= 15 is 0 Å². The fourth-order valence-corrected chi connectivity index (χ4v) is 4.91. The average molecular weight is 504 g/mol. The third-order valence-electron chi connectivity index (χ3n) is 6.82. The Balaban J connectivity index is 1.64. The normalized spacial score (nSPS) is 14.0. The molecule has 7 nitrogen and oxygen atoms in total. The molecule has 0 saturated heterocycles. The minimum Gasteiger partial charge on any atom is -0.465 e. The molecule has 1 aromatic heterocycles. The SMILES string of the molecule is COC(=O)c1cccc(C2(n3c(=O)n(-c4ccc(CC(=O)N(C)C)cc4)c4cc(Cl)ccc43)CC2)c1. The van der Waals surface area contributed by atoms with Crippen LogP contribution in [0.2, 0.25) is 5.02 Å². The van der Waals surface area contributed by atoms with Gasteiger partial charge in [0.1, 0.15) is 0 Å². The monoisotopic (exact) mass is 503 g/mol. The summed E-state index contributed by atoms with van der Waals surface area (Å²) in [5, 5.41) is 0.527. The first-order chi connectivity index (χ1) is 17.2. The molecule has 8 heteroatoms. The number of benzene rings is 3. The summed E-state index contributed by atoms with van der Waals surface area (Å²) in [7, 11) is 4.80. The molecule has 0 radical (unpaired) electrons. The zero-order valence-electron chi connectivity index (χ0n) is 20.3. The number of carbonyl (C=O) groups is 2. The lowest BCUT2D eigenvalue weighted by Crippen LogP contribution is -2.32. The number of esters is 1. The van der Waals surface area contributed by atoms with Crippen molar-refractivity contribution in [3.05, 3.63) is 98.9 Å². The van der Waals surface area contributed by atoms with E-state index < -0.39 is 11.5 Å². The first-order valence-corrected chi connectivity index (χ1v) is 12.0. The summed E-state index contributed by atoms with van der Waals surface area (Å²) in [6.45, 7) is 0. The Hall–Kier alpha value is -3.84. The Morgan fingerprint density at radius 3 is 2.36 bits per heavy atom. The van der Waals surface area contributed by atoms with Crippen molar-refractivity contribution < 1.29 is 14.3 Å². The van der Waals surface area contributed by atoms with Crippen molar-refractivity contribution in [3.8, 4) is 5.69 Å². The van der Waals surface area contributed by atoms with Crippen LogP contribution in [0.3, 0.4) is 0 Å². The van der Waals surface area contributed by atoms with Gasteiger partial charge in [0.2, 0.25) is 5.91 Å². The number of hydrogen-bond donors (Lipinski definition) is 0. The third-order valence-corrected chi connectivity index (χ3v) is 7.06. The third kappa shape index (κ3) is 3.99. The molecule has 184 valence electrons. The second-order valence-electron chi connectivity index (χ2n) is 9.32. The molecule has 0 atom stereocenters.